The summed E-state index contributed by atoms with van der Waals surface area (Å²) in [5.41, 5.74) is 3.14. The van der Waals surface area contributed by atoms with Crippen molar-refractivity contribution in [1.29, 1.82) is 0 Å². The van der Waals surface area contributed by atoms with E-state index in [1.54, 1.807) is 54.6 Å². The summed E-state index contributed by atoms with van der Waals surface area (Å²) in [7, 11) is 0. The van der Waals surface area contributed by atoms with Crippen LogP contribution in [-0.4, -0.2) is 58.2 Å². The zero-order valence-corrected chi connectivity index (χ0v) is 27.5. The first-order valence-electron chi connectivity index (χ1n) is 17.0. The summed E-state index contributed by atoms with van der Waals surface area (Å²) in [6.45, 7) is 0.936. The van der Waals surface area contributed by atoms with Crippen LogP contribution in [0.5, 0.6) is 11.5 Å². The van der Waals surface area contributed by atoms with E-state index in [4.69, 9.17) is 4.74 Å². The molecule has 0 bridgehead atoms. The molecule has 6 amide bonds. The summed E-state index contributed by atoms with van der Waals surface area (Å²) in [6, 6.07) is 15.7. The zero-order valence-electron chi connectivity index (χ0n) is 27.5. The molecule has 13 nitrogen and oxygen atoms in total. The molecule has 1 unspecified atom stereocenters. The van der Waals surface area contributed by atoms with Crippen molar-refractivity contribution in [2.75, 3.05) is 22.1 Å². The molecule has 6 rings (SSSR count). The smallest absolute Gasteiger partial charge is 0.420 e. The molecule has 0 aliphatic carbocycles. The van der Waals surface area contributed by atoms with E-state index in [1.807, 2.05) is 0 Å². The maximum Gasteiger partial charge on any atom is 0.420 e. The van der Waals surface area contributed by atoms with E-state index < -0.39 is 35.8 Å². The topological polar surface area (TPSA) is 174 Å². The Bertz CT molecular complexity index is 1820. The Morgan fingerprint density at radius 1 is 0.880 bits per heavy atom. The molecular weight excluding hydrogens is 642 g/mol. The highest BCUT2D eigenvalue weighted by Gasteiger charge is 2.45. The number of unbranched alkanes of at least 4 members (excludes halogenated alkanes) is 6. The Hall–Kier alpha value is -5.72. The standard InChI is InChI=1S/C37H39N5O8/c43-26-17-12-23-22-41(37(49)50-30(23)21-26)25-15-13-24(14-16-25)39-31(44)11-6-4-2-1-3-5-7-20-38-28-10-8-9-27-33(28)36(48)42(35(27)47)29-18-19-32(45)40-34(29)46/h8-10,12-17,21,29,38,43H,1-7,11,18-20,22H2,(H,39,44)(H,40,45,46). The summed E-state index contributed by atoms with van der Waals surface area (Å²) >= 11 is 0. The number of hydrogen-bond donors (Lipinski definition) is 4. The number of nitrogens with one attached hydrogen (secondary N) is 3. The van der Waals surface area contributed by atoms with E-state index in [1.165, 1.54) is 11.0 Å². The highest BCUT2D eigenvalue weighted by molar-refractivity contribution is 6.25. The van der Waals surface area contributed by atoms with Gasteiger partial charge in [-0.25, -0.2) is 4.79 Å². The lowest BCUT2D eigenvalue weighted by atomic mass is 10.0. The van der Waals surface area contributed by atoms with Crippen molar-refractivity contribution in [3.8, 4) is 11.5 Å². The van der Waals surface area contributed by atoms with Gasteiger partial charge in [0.05, 0.1) is 17.7 Å². The molecule has 3 aromatic carbocycles. The number of nitrogens with zero attached hydrogens (tertiary/aromatic N) is 2. The molecule has 1 atom stereocenters. The van der Waals surface area contributed by atoms with Crippen molar-refractivity contribution in [3.63, 3.8) is 0 Å². The summed E-state index contributed by atoms with van der Waals surface area (Å²) in [4.78, 5) is 77.5. The second-order valence-electron chi connectivity index (χ2n) is 12.7. The Morgan fingerprint density at radius 2 is 1.62 bits per heavy atom. The number of fused-ring (bicyclic) bond motifs is 2. The minimum absolute atomic E-state index is 0.0317. The lowest BCUT2D eigenvalue weighted by molar-refractivity contribution is -0.136. The Kier molecular flexibility index (Phi) is 10.4. The molecule has 0 saturated carbocycles. The third-order valence-electron chi connectivity index (χ3n) is 9.12. The molecular formula is C37H39N5O8. The fourth-order valence-electron chi connectivity index (χ4n) is 6.48. The van der Waals surface area contributed by atoms with Gasteiger partial charge in [0, 0.05) is 48.1 Å². The molecule has 13 heteroatoms. The highest BCUT2D eigenvalue weighted by atomic mass is 16.6. The van der Waals surface area contributed by atoms with Crippen LogP contribution >= 0.6 is 0 Å². The summed E-state index contributed by atoms with van der Waals surface area (Å²) in [5.74, 6) is -1.77. The molecule has 3 aliphatic heterocycles. The van der Waals surface area contributed by atoms with E-state index in [2.05, 4.69) is 16.0 Å². The number of aromatic hydroxyl groups is 1. The molecule has 260 valence electrons. The van der Waals surface area contributed by atoms with Gasteiger partial charge in [-0.05, 0) is 67.8 Å². The van der Waals surface area contributed by atoms with Crippen molar-refractivity contribution in [2.24, 2.45) is 0 Å². The van der Waals surface area contributed by atoms with Gasteiger partial charge in [-0.15, -0.1) is 0 Å². The van der Waals surface area contributed by atoms with Gasteiger partial charge in [-0.1, -0.05) is 38.2 Å². The molecule has 0 aromatic heterocycles. The van der Waals surface area contributed by atoms with Crippen molar-refractivity contribution in [1.82, 2.24) is 10.2 Å². The largest absolute Gasteiger partial charge is 0.508 e. The quantitative estimate of drug-likeness (QED) is 0.127. The fourth-order valence-corrected chi connectivity index (χ4v) is 6.48. The number of anilines is 3. The van der Waals surface area contributed by atoms with Gasteiger partial charge in [0.1, 0.15) is 17.5 Å². The van der Waals surface area contributed by atoms with Gasteiger partial charge in [-0.3, -0.25) is 39.1 Å². The van der Waals surface area contributed by atoms with Crippen LogP contribution in [0.2, 0.25) is 0 Å². The average molecular weight is 682 g/mol. The molecule has 0 spiro atoms. The van der Waals surface area contributed by atoms with Gasteiger partial charge in [-0.2, -0.15) is 0 Å². The average Bonchev–Trinajstić information content (AvgIpc) is 3.35. The van der Waals surface area contributed by atoms with Gasteiger partial charge < -0.3 is 20.5 Å². The number of rotatable bonds is 14. The lowest BCUT2D eigenvalue weighted by Gasteiger charge is -2.28. The van der Waals surface area contributed by atoms with Crippen LogP contribution < -0.4 is 25.6 Å². The highest BCUT2D eigenvalue weighted by Crippen LogP contribution is 2.34. The normalized spacial score (nSPS) is 16.9. The van der Waals surface area contributed by atoms with Crippen molar-refractivity contribution in [2.45, 2.75) is 76.8 Å². The minimum atomic E-state index is -0.992. The number of carbonyl (C=O) groups is 6. The number of phenolic OH excluding ortho intramolecular Hbond substituents is 1. The maximum atomic E-state index is 13.2. The number of carbonyl (C=O) groups excluding carboxylic acids is 6. The van der Waals surface area contributed by atoms with Crippen LogP contribution in [0.4, 0.5) is 21.9 Å². The molecule has 0 radical (unpaired) electrons. The monoisotopic (exact) mass is 681 g/mol. The first-order chi connectivity index (χ1) is 24.2. The number of amides is 6. The van der Waals surface area contributed by atoms with Crippen LogP contribution in [0.15, 0.2) is 60.7 Å². The third-order valence-corrected chi connectivity index (χ3v) is 9.12. The van der Waals surface area contributed by atoms with Crippen LogP contribution in [0.3, 0.4) is 0 Å². The zero-order chi connectivity index (χ0) is 35.2. The minimum Gasteiger partial charge on any atom is -0.508 e. The second-order valence-corrected chi connectivity index (χ2v) is 12.7. The van der Waals surface area contributed by atoms with Crippen LogP contribution in [0, 0.1) is 0 Å². The summed E-state index contributed by atoms with van der Waals surface area (Å²) < 4.78 is 5.35. The van der Waals surface area contributed by atoms with Gasteiger partial charge in [0.25, 0.3) is 11.8 Å². The Labute approximate surface area is 289 Å². The van der Waals surface area contributed by atoms with E-state index in [0.717, 1.165) is 55.4 Å². The molecule has 3 aliphatic rings. The molecule has 1 fully saturated rings. The van der Waals surface area contributed by atoms with Gasteiger partial charge in [0.2, 0.25) is 17.7 Å². The van der Waals surface area contributed by atoms with Crippen LogP contribution in [0.25, 0.3) is 0 Å². The summed E-state index contributed by atoms with van der Waals surface area (Å²) in [5, 5.41) is 18.0. The predicted molar refractivity (Wildman–Crippen MR) is 184 cm³/mol. The molecule has 1 saturated heterocycles. The third kappa shape index (κ3) is 7.61. The number of imide groups is 2. The Morgan fingerprint density at radius 3 is 2.38 bits per heavy atom. The second kappa shape index (κ2) is 15.2. The van der Waals surface area contributed by atoms with Crippen LogP contribution in [-0.2, 0) is 20.9 Å². The molecule has 3 aromatic rings. The molecule has 3 heterocycles. The van der Waals surface area contributed by atoms with Gasteiger partial charge >= 0.3 is 6.09 Å². The van der Waals surface area contributed by atoms with E-state index >= 15 is 0 Å². The first-order valence-corrected chi connectivity index (χ1v) is 17.0. The first kappa shape index (κ1) is 34.2. The van der Waals surface area contributed by atoms with Crippen LogP contribution in [0.1, 0.15) is 90.5 Å². The number of benzene rings is 3. The van der Waals surface area contributed by atoms with Gasteiger partial charge in [0.15, 0.2) is 0 Å². The molecule has 4 N–H and O–H groups in total. The number of ether oxygens (including phenoxy) is 1. The van der Waals surface area contributed by atoms with E-state index in [9.17, 15) is 33.9 Å². The molecule has 50 heavy (non-hydrogen) atoms. The van der Waals surface area contributed by atoms with Crippen molar-refractivity contribution < 1.29 is 38.6 Å². The lowest BCUT2D eigenvalue weighted by Crippen LogP contribution is -2.54. The number of hydrogen-bond acceptors (Lipinski definition) is 9. The fraction of sp³-hybridized carbons (Fsp3) is 0.351. The predicted octanol–water partition coefficient (Wildman–Crippen LogP) is 5.48. The summed E-state index contributed by atoms with van der Waals surface area (Å²) in [6.07, 6.45) is 6.75. The van der Waals surface area contributed by atoms with Crippen molar-refractivity contribution >= 4 is 52.7 Å². The Balaban J connectivity index is 0.846. The number of piperidine rings is 1. The van der Waals surface area contributed by atoms with E-state index in [-0.39, 0.29) is 35.6 Å². The SMILES string of the molecule is O=C1CCC(N2C(=O)c3cccc(NCCCCCCCCCC(=O)Nc4ccc(N5Cc6ccc(O)cc6OC5=O)cc4)c3C2=O)C(=O)N1. The maximum absolute atomic E-state index is 13.2. The number of phenols is 1. The van der Waals surface area contributed by atoms with E-state index in [0.29, 0.717) is 42.3 Å². The van der Waals surface area contributed by atoms with Crippen molar-refractivity contribution in [3.05, 3.63) is 77.4 Å².